The average molecular weight is 288 g/mol. The highest BCUT2D eigenvalue weighted by molar-refractivity contribution is 9.10. The Morgan fingerprint density at radius 1 is 1.47 bits per heavy atom. The molecule has 0 amide bonds. The maximum Gasteiger partial charge on any atom is 0.179 e. The number of imidazole rings is 1. The summed E-state index contributed by atoms with van der Waals surface area (Å²) >= 11 is 9.15. The zero-order chi connectivity index (χ0) is 10.8. The van der Waals surface area contributed by atoms with Gasteiger partial charge in [0.1, 0.15) is 10.8 Å². The van der Waals surface area contributed by atoms with Crippen LogP contribution in [0, 0.1) is 0 Å². The minimum atomic E-state index is 0.406. The monoisotopic (exact) mass is 286 g/mol. The summed E-state index contributed by atoms with van der Waals surface area (Å²) < 4.78 is 2.65. The zero-order valence-electron chi connectivity index (χ0n) is 7.98. The predicted molar refractivity (Wildman–Crippen MR) is 61.6 cm³/mol. The van der Waals surface area contributed by atoms with E-state index < -0.39 is 0 Å². The summed E-state index contributed by atoms with van der Waals surface area (Å²) in [5, 5.41) is 0.406. The summed E-state index contributed by atoms with van der Waals surface area (Å²) in [5.41, 5.74) is 0.868. The predicted octanol–water partition coefficient (Wildman–Crippen LogP) is 2.78. The van der Waals surface area contributed by atoms with Gasteiger partial charge in [0.2, 0.25) is 0 Å². The third-order valence-electron chi connectivity index (χ3n) is 1.98. The van der Waals surface area contributed by atoms with Crippen LogP contribution < -0.4 is 0 Å². The van der Waals surface area contributed by atoms with E-state index in [2.05, 4.69) is 30.9 Å². The van der Waals surface area contributed by atoms with E-state index in [0.717, 1.165) is 12.2 Å². The fourth-order valence-corrected chi connectivity index (χ4v) is 1.55. The van der Waals surface area contributed by atoms with Crippen LogP contribution >= 0.6 is 27.5 Å². The lowest BCUT2D eigenvalue weighted by atomic mass is 10.4. The van der Waals surface area contributed by atoms with E-state index in [1.807, 2.05) is 11.5 Å². The number of aryl methyl sites for hydroxylation is 1. The van der Waals surface area contributed by atoms with Gasteiger partial charge in [-0.25, -0.2) is 15.0 Å². The van der Waals surface area contributed by atoms with Crippen LogP contribution in [-0.4, -0.2) is 19.5 Å². The van der Waals surface area contributed by atoms with Gasteiger partial charge >= 0.3 is 0 Å². The molecule has 0 unspecified atom stereocenters. The molecule has 0 aliphatic carbocycles. The van der Waals surface area contributed by atoms with Crippen LogP contribution in [-0.2, 0) is 6.54 Å². The summed E-state index contributed by atoms with van der Waals surface area (Å²) in [4.78, 5) is 12.4. The Labute approximate surface area is 100 Å². The van der Waals surface area contributed by atoms with Gasteiger partial charge in [0.25, 0.3) is 0 Å². The van der Waals surface area contributed by atoms with E-state index in [4.69, 9.17) is 11.6 Å². The van der Waals surface area contributed by atoms with Gasteiger partial charge in [0, 0.05) is 12.7 Å². The number of nitrogens with zero attached hydrogens (tertiary/aromatic N) is 4. The first-order valence-corrected chi connectivity index (χ1v) is 5.58. The van der Waals surface area contributed by atoms with Crippen LogP contribution in [0.1, 0.15) is 6.92 Å². The molecule has 0 fully saturated rings. The van der Waals surface area contributed by atoms with Crippen molar-refractivity contribution < 1.29 is 0 Å². The van der Waals surface area contributed by atoms with Crippen LogP contribution in [0.3, 0.4) is 0 Å². The molecular formula is C9H8BrClN4. The van der Waals surface area contributed by atoms with Crippen molar-refractivity contribution in [2.24, 2.45) is 0 Å². The molecule has 0 aromatic carbocycles. The second-order valence-electron chi connectivity index (χ2n) is 2.90. The molecule has 0 saturated heterocycles. The van der Waals surface area contributed by atoms with Crippen molar-refractivity contribution in [2.45, 2.75) is 13.5 Å². The fraction of sp³-hybridized carbons (Fsp3) is 0.222. The van der Waals surface area contributed by atoms with Gasteiger partial charge in [-0.05, 0) is 22.9 Å². The van der Waals surface area contributed by atoms with Gasteiger partial charge in [-0.1, -0.05) is 11.6 Å². The van der Waals surface area contributed by atoms with E-state index >= 15 is 0 Å². The molecule has 0 N–H and O–H groups in total. The Bertz CT molecular complexity index is 483. The second-order valence-corrected chi connectivity index (χ2v) is 4.11. The molecule has 0 saturated carbocycles. The third-order valence-corrected chi connectivity index (χ3v) is 3.08. The lowest BCUT2D eigenvalue weighted by Crippen LogP contribution is -1.98. The van der Waals surface area contributed by atoms with Crippen molar-refractivity contribution in [3.05, 3.63) is 28.3 Å². The first kappa shape index (κ1) is 10.6. The van der Waals surface area contributed by atoms with Crippen molar-refractivity contribution in [1.82, 2.24) is 19.5 Å². The molecule has 4 nitrogen and oxygen atoms in total. The van der Waals surface area contributed by atoms with E-state index in [9.17, 15) is 0 Å². The molecule has 6 heteroatoms. The third kappa shape index (κ3) is 2.03. The molecule has 2 aromatic heterocycles. The van der Waals surface area contributed by atoms with Gasteiger partial charge < -0.3 is 4.57 Å². The Kier molecular flexibility index (Phi) is 3.02. The molecule has 2 heterocycles. The molecule has 0 spiro atoms. The number of rotatable bonds is 2. The summed E-state index contributed by atoms with van der Waals surface area (Å²) in [7, 11) is 0. The van der Waals surface area contributed by atoms with E-state index in [0.29, 0.717) is 15.5 Å². The molecule has 78 valence electrons. The van der Waals surface area contributed by atoms with Crippen molar-refractivity contribution in [3.63, 3.8) is 0 Å². The van der Waals surface area contributed by atoms with Crippen molar-refractivity contribution in [1.29, 1.82) is 0 Å². The summed E-state index contributed by atoms with van der Waals surface area (Å²) in [6.45, 7) is 2.86. The van der Waals surface area contributed by atoms with E-state index in [1.54, 1.807) is 18.7 Å². The molecule has 2 aromatic rings. The maximum absolute atomic E-state index is 5.90. The van der Waals surface area contributed by atoms with Crippen LogP contribution in [0.15, 0.2) is 23.2 Å². The summed E-state index contributed by atoms with van der Waals surface area (Å²) in [6.07, 6.45) is 5.11. The van der Waals surface area contributed by atoms with Crippen molar-refractivity contribution in [2.75, 3.05) is 0 Å². The van der Waals surface area contributed by atoms with Gasteiger partial charge in [0.05, 0.1) is 17.0 Å². The number of hydrogen-bond donors (Lipinski definition) is 0. The minimum absolute atomic E-state index is 0.406. The zero-order valence-corrected chi connectivity index (χ0v) is 10.3. The molecule has 0 aliphatic rings. The SMILES string of the molecule is CCn1cncc1-c1ncc(Br)c(Cl)n1. The molecular weight excluding hydrogens is 279 g/mol. The Morgan fingerprint density at radius 3 is 2.93 bits per heavy atom. The normalized spacial score (nSPS) is 10.6. The largest absolute Gasteiger partial charge is 0.328 e. The first-order chi connectivity index (χ1) is 7.22. The topological polar surface area (TPSA) is 43.6 Å². The molecule has 0 aliphatic heterocycles. The fourth-order valence-electron chi connectivity index (χ4n) is 1.23. The van der Waals surface area contributed by atoms with Gasteiger partial charge in [-0.15, -0.1) is 0 Å². The van der Waals surface area contributed by atoms with E-state index in [-0.39, 0.29) is 0 Å². The Hall–Kier alpha value is -0.940. The van der Waals surface area contributed by atoms with Crippen LogP contribution in [0.2, 0.25) is 5.15 Å². The van der Waals surface area contributed by atoms with Crippen LogP contribution in [0.25, 0.3) is 11.5 Å². The Morgan fingerprint density at radius 2 is 2.27 bits per heavy atom. The lowest BCUT2D eigenvalue weighted by molar-refractivity contribution is 0.763. The minimum Gasteiger partial charge on any atom is -0.328 e. The van der Waals surface area contributed by atoms with Crippen molar-refractivity contribution >= 4 is 27.5 Å². The Balaban J connectivity index is 2.50. The second kappa shape index (κ2) is 4.28. The maximum atomic E-state index is 5.90. The van der Waals surface area contributed by atoms with Crippen LogP contribution in [0.4, 0.5) is 0 Å². The number of halogens is 2. The van der Waals surface area contributed by atoms with E-state index in [1.165, 1.54) is 0 Å². The quantitative estimate of drug-likeness (QED) is 0.798. The van der Waals surface area contributed by atoms with Gasteiger partial charge in [-0.2, -0.15) is 0 Å². The summed E-state index contributed by atoms with van der Waals surface area (Å²) in [6, 6.07) is 0. The smallest absolute Gasteiger partial charge is 0.179 e. The van der Waals surface area contributed by atoms with Gasteiger partial charge in [0.15, 0.2) is 5.82 Å². The van der Waals surface area contributed by atoms with Crippen molar-refractivity contribution in [3.8, 4) is 11.5 Å². The van der Waals surface area contributed by atoms with Crippen LogP contribution in [0.5, 0.6) is 0 Å². The highest BCUT2D eigenvalue weighted by Gasteiger charge is 2.08. The molecule has 0 atom stereocenters. The molecule has 0 radical (unpaired) electrons. The lowest BCUT2D eigenvalue weighted by Gasteiger charge is -2.04. The summed E-state index contributed by atoms with van der Waals surface area (Å²) in [5.74, 6) is 0.586. The molecule has 2 rings (SSSR count). The number of hydrogen-bond acceptors (Lipinski definition) is 3. The first-order valence-electron chi connectivity index (χ1n) is 4.41. The highest BCUT2D eigenvalue weighted by atomic mass is 79.9. The number of aromatic nitrogens is 4. The molecule has 0 bridgehead atoms. The highest BCUT2D eigenvalue weighted by Crippen LogP contribution is 2.22. The van der Waals surface area contributed by atoms with Gasteiger partial charge in [-0.3, -0.25) is 0 Å². The molecule has 15 heavy (non-hydrogen) atoms. The standard InChI is InChI=1S/C9H8BrClN4/c1-2-15-5-12-4-7(15)9-13-3-6(10)8(11)14-9/h3-5H,2H2,1H3. The average Bonchev–Trinajstić information content (AvgIpc) is 2.70.